The van der Waals surface area contributed by atoms with Gasteiger partial charge in [-0.2, -0.15) is 15.3 Å². The number of benzene rings is 2. The molecule has 0 radical (unpaired) electrons. The Morgan fingerprint density at radius 3 is 2.51 bits per heavy atom. The van der Waals surface area contributed by atoms with Crippen molar-refractivity contribution < 1.29 is 14.4 Å². The predicted molar refractivity (Wildman–Crippen MR) is 162 cm³/mol. The molecule has 0 bridgehead atoms. The minimum Gasteiger partial charge on any atom is -0.368 e. The number of likely N-dealkylation sites (N-methyl/N-ethyl adjacent to an activating group) is 1. The van der Waals surface area contributed by atoms with Crippen LogP contribution in [0.2, 0.25) is 0 Å². The molecule has 1 fully saturated rings. The maximum Gasteiger partial charge on any atom is 0.271 e. The molecule has 0 unspecified atom stereocenters. The van der Waals surface area contributed by atoms with Crippen LogP contribution in [-0.2, 0) is 27.2 Å². The normalized spacial score (nSPS) is 16.7. The molecule has 10 heteroatoms. The molecule has 1 saturated carbocycles. The summed E-state index contributed by atoms with van der Waals surface area (Å²) in [6.45, 7) is 3.92. The molecule has 224 valence electrons. The van der Waals surface area contributed by atoms with Gasteiger partial charge in [-0.3, -0.25) is 19.0 Å². The lowest BCUT2D eigenvalue weighted by atomic mass is 9.92. The van der Waals surface area contributed by atoms with E-state index in [0.717, 1.165) is 65.1 Å². The van der Waals surface area contributed by atoms with Crippen LogP contribution in [0.1, 0.15) is 73.3 Å². The van der Waals surface area contributed by atoms with Crippen LogP contribution in [-0.4, -0.2) is 57.0 Å². The van der Waals surface area contributed by atoms with Crippen molar-refractivity contribution in [3.05, 3.63) is 87.1 Å². The van der Waals surface area contributed by atoms with E-state index in [0.29, 0.717) is 30.0 Å². The minimum absolute atomic E-state index is 0.0245. The second-order valence-corrected chi connectivity index (χ2v) is 11.1. The van der Waals surface area contributed by atoms with Crippen molar-refractivity contribution >= 4 is 11.7 Å². The fraction of sp³-hybridized carbons (Fsp3) is 0.424. The summed E-state index contributed by atoms with van der Waals surface area (Å²) >= 11 is 0. The van der Waals surface area contributed by atoms with Crippen molar-refractivity contribution in [3.63, 3.8) is 0 Å². The number of aromatic nitrogens is 4. The highest BCUT2D eigenvalue weighted by Gasteiger charge is 2.29. The first-order chi connectivity index (χ1) is 20.8. The highest BCUT2D eigenvalue weighted by molar-refractivity contribution is 5.76. The first kappa shape index (κ1) is 30.1. The Kier molecular flexibility index (Phi) is 9.34. The number of rotatable bonds is 10. The Bertz CT molecular complexity index is 1690. The molecule has 0 spiro atoms. The lowest BCUT2D eigenvalue weighted by Gasteiger charge is -2.30. The molecule has 5 rings (SSSR count). The van der Waals surface area contributed by atoms with Crippen molar-refractivity contribution in [1.29, 1.82) is 5.26 Å². The molecule has 0 N–H and O–H groups in total. The third-order valence-electron chi connectivity index (χ3n) is 8.25. The largest absolute Gasteiger partial charge is 0.368 e. The zero-order valence-electron chi connectivity index (χ0n) is 25.2. The molecule has 2 heterocycles. The standard InChI is InChI=1S/C33H38N6O4/c1-5-8-30-29(19-23-11-13-24(14-12-23)28-10-7-6-9-25(28)20-34)32(41)38(33-35-22(2)36-39(30)33)26-15-17-27(18-16-26)43-21-31(40)37(3)42-4/h6-7,9-14,26-27H,5,8,15-19,21H2,1-4H3/t26-,27-. The Hall–Kier alpha value is -4.33. The van der Waals surface area contributed by atoms with Gasteiger partial charge in [0.2, 0.25) is 5.78 Å². The van der Waals surface area contributed by atoms with Crippen LogP contribution in [0.3, 0.4) is 0 Å². The molecule has 2 aromatic carbocycles. The molecule has 1 aliphatic rings. The Labute approximate surface area is 251 Å². The van der Waals surface area contributed by atoms with Gasteiger partial charge in [0.25, 0.3) is 11.5 Å². The molecule has 1 aliphatic carbocycles. The van der Waals surface area contributed by atoms with Crippen LogP contribution >= 0.6 is 0 Å². The third kappa shape index (κ3) is 6.38. The average Bonchev–Trinajstić information content (AvgIpc) is 3.42. The van der Waals surface area contributed by atoms with E-state index in [2.05, 4.69) is 13.0 Å². The van der Waals surface area contributed by atoms with Gasteiger partial charge < -0.3 is 4.74 Å². The first-order valence-corrected chi connectivity index (χ1v) is 14.8. The number of fused-ring (bicyclic) bond motifs is 1. The van der Waals surface area contributed by atoms with E-state index in [4.69, 9.17) is 19.7 Å². The van der Waals surface area contributed by atoms with E-state index in [1.807, 2.05) is 64.5 Å². The van der Waals surface area contributed by atoms with E-state index in [1.165, 1.54) is 7.11 Å². The van der Waals surface area contributed by atoms with Crippen LogP contribution in [0, 0.1) is 18.3 Å². The number of hydroxylamine groups is 2. The molecule has 10 nitrogen and oxygen atoms in total. The smallest absolute Gasteiger partial charge is 0.271 e. The highest BCUT2D eigenvalue weighted by Crippen LogP contribution is 2.31. The van der Waals surface area contributed by atoms with Gasteiger partial charge in [-0.1, -0.05) is 55.8 Å². The van der Waals surface area contributed by atoms with E-state index in [1.54, 1.807) is 7.05 Å². The highest BCUT2D eigenvalue weighted by atomic mass is 16.7. The van der Waals surface area contributed by atoms with Crippen molar-refractivity contribution in [3.8, 4) is 17.2 Å². The maximum atomic E-state index is 14.3. The van der Waals surface area contributed by atoms with Crippen molar-refractivity contribution in [2.24, 2.45) is 0 Å². The number of hydrogen-bond acceptors (Lipinski definition) is 7. The van der Waals surface area contributed by atoms with Gasteiger partial charge in [0.15, 0.2) is 0 Å². The molecule has 43 heavy (non-hydrogen) atoms. The second kappa shape index (κ2) is 13.3. The summed E-state index contributed by atoms with van der Waals surface area (Å²) in [6.07, 6.45) is 4.93. The molecular weight excluding hydrogens is 544 g/mol. The number of ether oxygens (including phenoxy) is 1. The summed E-state index contributed by atoms with van der Waals surface area (Å²) in [5, 5.41) is 15.4. The van der Waals surface area contributed by atoms with Gasteiger partial charge in [0, 0.05) is 25.1 Å². The summed E-state index contributed by atoms with van der Waals surface area (Å²) in [5.74, 6) is 0.973. The monoisotopic (exact) mass is 582 g/mol. The summed E-state index contributed by atoms with van der Waals surface area (Å²) in [4.78, 5) is 36.0. The molecule has 0 atom stereocenters. The van der Waals surface area contributed by atoms with Gasteiger partial charge in [-0.15, -0.1) is 0 Å². The van der Waals surface area contributed by atoms with Crippen LogP contribution in [0.5, 0.6) is 0 Å². The van der Waals surface area contributed by atoms with E-state index in [-0.39, 0.29) is 30.2 Å². The number of nitriles is 1. The second-order valence-electron chi connectivity index (χ2n) is 11.1. The van der Waals surface area contributed by atoms with Gasteiger partial charge in [0.05, 0.1) is 30.5 Å². The number of carbonyl (C=O) groups excluding carboxylic acids is 1. The lowest BCUT2D eigenvalue weighted by Crippen LogP contribution is -2.36. The zero-order chi connectivity index (χ0) is 30.5. The van der Waals surface area contributed by atoms with Crippen LogP contribution in [0.15, 0.2) is 53.3 Å². The summed E-state index contributed by atoms with van der Waals surface area (Å²) in [6, 6.07) is 17.9. The van der Waals surface area contributed by atoms with E-state index in [9.17, 15) is 14.9 Å². The average molecular weight is 583 g/mol. The minimum atomic E-state index is -0.236. The van der Waals surface area contributed by atoms with Gasteiger partial charge in [0.1, 0.15) is 12.4 Å². The molecule has 2 aromatic heterocycles. The Balaban J connectivity index is 1.44. The number of nitrogens with zero attached hydrogens (tertiary/aromatic N) is 6. The van der Waals surface area contributed by atoms with Crippen molar-refractivity contribution in [1.82, 2.24) is 24.2 Å². The molecule has 0 aliphatic heterocycles. The quantitative estimate of drug-likeness (QED) is 0.247. The SMILES string of the molecule is CCCc1c(Cc2ccc(-c3ccccc3C#N)cc2)c(=O)n([C@H]2CC[C@H](OCC(=O)N(C)OC)CC2)c2nc(C)nn12. The van der Waals surface area contributed by atoms with Crippen LogP contribution < -0.4 is 5.56 Å². The van der Waals surface area contributed by atoms with Crippen molar-refractivity contribution in [2.45, 2.75) is 70.9 Å². The molecular formula is C33H38N6O4. The number of amides is 1. The number of carbonyl (C=O) groups is 1. The molecule has 4 aromatic rings. The third-order valence-corrected chi connectivity index (χ3v) is 8.25. The zero-order valence-corrected chi connectivity index (χ0v) is 25.2. The van der Waals surface area contributed by atoms with E-state index < -0.39 is 0 Å². The molecule has 1 amide bonds. The Morgan fingerprint density at radius 1 is 1.12 bits per heavy atom. The van der Waals surface area contributed by atoms with Gasteiger partial charge in [-0.05, 0) is 61.8 Å². The Morgan fingerprint density at radius 2 is 1.84 bits per heavy atom. The van der Waals surface area contributed by atoms with Gasteiger partial charge in [-0.25, -0.2) is 9.58 Å². The number of aryl methyl sites for hydroxylation is 2. The topological polar surface area (TPSA) is 115 Å². The number of hydrogen-bond donors (Lipinski definition) is 0. The van der Waals surface area contributed by atoms with Crippen molar-refractivity contribution in [2.75, 3.05) is 20.8 Å². The van der Waals surface area contributed by atoms with Gasteiger partial charge >= 0.3 is 0 Å². The summed E-state index contributed by atoms with van der Waals surface area (Å²) in [7, 11) is 3.00. The van der Waals surface area contributed by atoms with Crippen LogP contribution in [0.25, 0.3) is 16.9 Å². The summed E-state index contributed by atoms with van der Waals surface area (Å²) < 4.78 is 9.58. The summed E-state index contributed by atoms with van der Waals surface area (Å²) in [5.41, 5.74) is 5.10. The molecule has 0 saturated heterocycles. The van der Waals surface area contributed by atoms with Crippen LogP contribution in [0.4, 0.5) is 0 Å². The fourth-order valence-electron chi connectivity index (χ4n) is 5.92. The predicted octanol–water partition coefficient (Wildman–Crippen LogP) is 4.80. The fourth-order valence-corrected chi connectivity index (χ4v) is 5.92. The maximum absolute atomic E-state index is 14.3. The first-order valence-electron chi connectivity index (χ1n) is 14.8. The van der Waals surface area contributed by atoms with E-state index >= 15 is 0 Å². The lowest BCUT2D eigenvalue weighted by molar-refractivity contribution is -0.175.